The Balaban J connectivity index is 2.40. The van der Waals surface area contributed by atoms with Gasteiger partial charge in [-0.05, 0) is 6.42 Å². The van der Waals surface area contributed by atoms with Crippen molar-refractivity contribution in [3.8, 4) is 0 Å². The Morgan fingerprint density at radius 2 is 2.50 bits per heavy atom. The maximum Gasteiger partial charge on any atom is 0.0946 e. The minimum Gasteiger partial charge on any atom is -0.391 e. The van der Waals surface area contributed by atoms with Gasteiger partial charge in [-0.15, -0.1) is 0 Å². The van der Waals surface area contributed by atoms with Crippen molar-refractivity contribution in [3.63, 3.8) is 0 Å². The van der Waals surface area contributed by atoms with E-state index >= 15 is 0 Å². The summed E-state index contributed by atoms with van der Waals surface area (Å²) in [6, 6.07) is 0. The van der Waals surface area contributed by atoms with E-state index in [9.17, 15) is 5.11 Å². The lowest BCUT2D eigenvalue weighted by atomic mass is 10.3. The van der Waals surface area contributed by atoms with Crippen LogP contribution in [0.3, 0.4) is 0 Å². The van der Waals surface area contributed by atoms with E-state index in [0.29, 0.717) is 6.54 Å². The molecule has 0 aliphatic rings. The van der Waals surface area contributed by atoms with Gasteiger partial charge in [-0.1, -0.05) is 6.92 Å². The molecular formula is C7H12N2O. The van der Waals surface area contributed by atoms with E-state index in [0.717, 1.165) is 6.42 Å². The molecule has 10 heavy (non-hydrogen) atoms. The fraction of sp³-hybridized carbons (Fsp3) is 0.571. The molecule has 1 heterocycles. The van der Waals surface area contributed by atoms with Crippen LogP contribution in [0.4, 0.5) is 0 Å². The van der Waals surface area contributed by atoms with Gasteiger partial charge in [0.1, 0.15) is 0 Å². The van der Waals surface area contributed by atoms with E-state index in [2.05, 4.69) is 4.98 Å². The van der Waals surface area contributed by atoms with Gasteiger partial charge in [-0.3, -0.25) is 0 Å². The second-order valence-corrected chi connectivity index (χ2v) is 2.32. The highest BCUT2D eigenvalue weighted by Gasteiger charge is 1.99. The highest BCUT2D eigenvalue weighted by molar-refractivity contribution is 4.75. The zero-order valence-electron chi connectivity index (χ0n) is 6.07. The fourth-order valence-electron chi connectivity index (χ4n) is 0.767. The molecule has 0 fully saturated rings. The molecule has 0 aliphatic carbocycles. The molecule has 0 bridgehead atoms. The van der Waals surface area contributed by atoms with Crippen LogP contribution in [0.1, 0.15) is 13.3 Å². The van der Waals surface area contributed by atoms with Crippen molar-refractivity contribution in [2.75, 3.05) is 0 Å². The SMILES string of the molecule is CCC(O)Cn1ccnc1. The van der Waals surface area contributed by atoms with Gasteiger partial charge in [0.2, 0.25) is 0 Å². The number of aliphatic hydroxyl groups is 1. The van der Waals surface area contributed by atoms with Crippen LogP contribution in [0.5, 0.6) is 0 Å². The van der Waals surface area contributed by atoms with Gasteiger partial charge in [0.05, 0.1) is 12.4 Å². The average molecular weight is 140 g/mol. The first-order chi connectivity index (χ1) is 4.83. The summed E-state index contributed by atoms with van der Waals surface area (Å²) in [4.78, 5) is 3.86. The van der Waals surface area contributed by atoms with Gasteiger partial charge in [-0.2, -0.15) is 0 Å². The van der Waals surface area contributed by atoms with Crippen LogP contribution in [-0.2, 0) is 6.54 Å². The Kier molecular flexibility index (Phi) is 2.45. The van der Waals surface area contributed by atoms with Crippen molar-refractivity contribution < 1.29 is 5.11 Å². The standard InChI is InChI=1S/C7H12N2O/c1-2-7(10)5-9-4-3-8-6-9/h3-4,6-7,10H,2,5H2,1H3. The summed E-state index contributed by atoms with van der Waals surface area (Å²) in [5, 5.41) is 9.18. The van der Waals surface area contributed by atoms with Crippen molar-refractivity contribution in [1.29, 1.82) is 0 Å². The zero-order chi connectivity index (χ0) is 7.40. The fourth-order valence-corrected chi connectivity index (χ4v) is 0.767. The first-order valence-electron chi connectivity index (χ1n) is 3.46. The molecule has 0 aliphatic heterocycles. The molecule has 1 atom stereocenters. The van der Waals surface area contributed by atoms with Gasteiger partial charge < -0.3 is 9.67 Å². The summed E-state index contributed by atoms with van der Waals surface area (Å²) >= 11 is 0. The summed E-state index contributed by atoms with van der Waals surface area (Å²) in [5.74, 6) is 0. The number of aromatic nitrogens is 2. The van der Waals surface area contributed by atoms with Crippen LogP contribution >= 0.6 is 0 Å². The van der Waals surface area contributed by atoms with Crippen LogP contribution < -0.4 is 0 Å². The van der Waals surface area contributed by atoms with Crippen LogP contribution in [0.15, 0.2) is 18.7 Å². The van der Waals surface area contributed by atoms with Crippen LogP contribution in [-0.4, -0.2) is 20.8 Å². The lowest BCUT2D eigenvalue weighted by molar-refractivity contribution is 0.150. The van der Waals surface area contributed by atoms with E-state index in [-0.39, 0.29) is 6.10 Å². The summed E-state index contributed by atoms with van der Waals surface area (Å²) in [5.41, 5.74) is 0. The topological polar surface area (TPSA) is 38.0 Å². The van der Waals surface area contributed by atoms with E-state index in [1.807, 2.05) is 17.7 Å². The second kappa shape index (κ2) is 3.37. The zero-order valence-corrected chi connectivity index (χ0v) is 6.07. The van der Waals surface area contributed by atoms with E-state index in [1.54, 1.807) is 12.5 Å². The number of hydrogen-bond acceptors (Lipinski definition) is 2. The van der Waals surface area contributed by atoms with Crippen LogP contribution in [0.2, 0.25) is 0 Å². The summed E-state index contributed by atoms with van der Waals surface area (Å²) in [6.07, 6.45) is 5.81. The monoisotopic (exact) mass is 140 g/mol. The van der Waals surface area contributed by atoms with Crippen molar-refractivity contribution in [2.45, 2.75) is 26.0 Å². The predicted octanol–water partition coefficient (Wildman–Crippen LogP) is 0.654. The van der Waals surface area contributed by atoms with E-state index in [4.69, 9.17) is 0 Å². The molecule has 1 N–H and O–H groups in total. The Hall–Kier alpha value is -0.830. The van der Waals surface area contributed by atoms with Crippen molar-refractivity contribution in [2.24, 2.45) is 0 Å². The van der Waals surface area contributed by atoms with E-state index < -0.39 is 0 Å². The van der Waals surface area contributed by atoms with Crippen molar-refractivity contribution in [1.82, 2.24) is 9.55 Å². The molecule has 0 spiro atoms. The first kappa shape index (κ1) is 7.28. The Morgan fingerprint density at radius 1 is 1.70 bits per heavy atom. The molecule has 0 amide bonds. The number of rotatable bonds is 3. The molecule has 1 aromatic rings. The number of aliphatic hydroxyl groups excluding tert-OH is 1. The lowest BCUT2D eigenvalue weighted by Gasteiger charge is -2.06. The van der Waals surface area contributed by atoms with E-state index in [1.165, 1.54) is 0 Å². The Bertz CT molecular complexity index is 172. The number of nitrogens with zero attached hydrogens (tertiary/aromatic N) is 2. The lowest BCUT2D eigenvalue weighted by Crippen LogP contribution is -2.12. The minimum absolute atomic E-state index is 0.241. The molecule has 1 rings (SSSR count). The smallest absolute Gasteiger partial charge is 0.0946 e. The molecular weight excluding hydrogens is 128 g/mol. The second-order valence-electron chi connectivity index (χ2n) is 2.32. The third-order valence-corrected chi connectivity index (χ3v) is 1.45. The van der Waals surface area contributed by atoms with Gasteiger partial charge in [0.15, 0.2) is 0 Å². The normalized spacial score (nSPS) is 13.4. The minimum atomic E-state index is -0.241. The van der Waals surface area contributed by atoms with Gasteiger partial charge in [0, 0.05) is 18.9 Å². The predicted molar refractivity (Wildman–Crippen MR) is 38.5 cm³/mol. The van der Waals surface area contributed by atoms with Gasteiger partial charge in [0.25, 0.3) is 0 Å². The molecule has 0 aromatic carbocycles. The average Bonchev–Trinajstić information content (AvgIpc) is 2.40. The summed E-state index contributed by atoms with van der Waals surface area (Å²) in [6.45, 7) is 2.61. The van der Waals surface area contributed by atoms with Crippen molar-refractivity contribution >= 4 is 0 Å². The molecule has 0 saturated heterocycles. The van der Waals surface area contributed by atoms with Gasteiger partial charge in [-0.25, -0.2) is 4.98 Å². The molecule has 1 unspecified atom stereocenters. The first-order valence-corrected chi connectivity index (χ1v) is 3.46. The third-order valence-electron chi connectivity index (χ3n) is 1.45. The third kappa shape index (κ3) is 1.84. The van der Waals surface area contributed by atoms with Crippen LogP contribution in [0, 0.1) is 0 Å². The summed E-state index contributed by atoms with van der Waals surface area (Å²) < 4.78 is 1.87. The summed E-state index contributed by atoms with van der Waals surface area (Å²) in [7, 11) is 0. The quantitative estimate of drug-likeness (QED) is 0.669. The molecule has 0 saturated carbocycles. The molecule has 3 heteroatoms. The maximum absolute atomic E-state index is 9.18. The molecule has 3 nitrogen and oxygen atoms in total. The highest BCUT2D eigenvalue weighted by atomic mass is 16.3. The van der Waals surface area contributed by atoms with Crippen LogP contribution in [0.25, 0.3) is 0 Å². The Morgan fingerprint density at radius 3 is 3.00 bits per heavy atom. The molecule has 56 valence electrons. The van der Waals surface area contributed by atoms with Crippen molar-refractivity contribution in [3.05, 3.63) is 18.7 Å². The Labute approximate surface area is 60.3 Å². The molecule has 0 radical (unpaired) electrons. The maximum atomic E-state index is 9.18. The molecule has 1 aromatic heterocycles. The van der Waals surface area contributed by atoms with Gasteiger partial charge >= 0.3 is 0 Å². The highest BCUT2D eigenvalue weighted by Crippen LogP contribution is 1.94. The number of imidazole rings is 1. The largest absolute Gasteiger partial charge is 0.391 e. The number of hydrogen-bond donors (Lipinski definition) is 1.